The predicted octanol–water partition coefficient (Wildman–Crippen LogP) is 3.92. The van der Waals surface area contributed by atoms with Crippen molar-refractivity contribution in [1.29, 1.82) is 0 Å². The molecule has 0 atom stereocenters. The van der Waals surface area contributed by atoms with Crippen LogP contribution in [-0.2, 0) is 10.0 Å². The van der Waals surface area contributed by atoms with Crippen molar-refractivity contribution in [3.8, 4) is 0 Å². The normalized spacial score (nSPS) is 11.8. The Morgan fingerprint density at radius 2 is 1.82 bits per heavy atom. The van der Waals surface area contributed by atoms with Crippen molar-refractivity contribution < 1.29 is 8.42 Å². The van der Waals surface area contributed by atoms with Crippen LogP contribution in [0.2, 0.25) is 10.0 Å². The van der Waals surface area contributed by atoms with E-state index < -0.39 is 10.0 Å². The quantitative estimate of drug-likeness (QED) is 0.666. The number of hydrazone groups is 1. The van der Waals surface area contributed by atoms with Gasteiger partial charge in [0.25, 0.3) is 10.0 Å². The second-order valence-electron chi connectivity index (χ2n) is 4.79. The number of hydrogen-bond acceptors (Lipinski definition) is 3. The molecule has 2 aromatic rings. The maximum Gasteiger partial charge on any atom is 0.276 e. The highest BCUT2D eigenvalue weighted by molar-refractivity contribution is 7.89. The molecule has 116 valence electrons. The molecule has 0 aromatic heterocycles. The first-order chi connectivity index (χ1) is 10.3. The predicted molar refractivity (Wildman–Crippen MR) is 90.3 cm³/mol. The number of benzene rings is 2. The minimum absolute atomic E-state index is 0.201. The van der Waals surface area contributed by atoms with E-state index in [2.05, 4.69) is 9.93 Å². The molecule has 0 spiro atoms. The molecule has 7 heteroatoms. The Hall–Kier alpha value is -1.56. The fraction of sp³-hybridized carbons (Fsp3) is 0.133. The van der Waals surface area contributed by atoms with Crippen LogP contribution in [-0.4, -0.2) is 14.6 Å². The Labute approximate surface area is 139 Å². The van der Waals surface area contributed by atoms with Crippen molar-refractivity contribution in [2.45, 2.75) is 18.7 Å². The molecule has 0 fully saturated rings. The number of nitrogens with zero attached hydrogens (tertiary/aromatic N) is 1. The van der Waals surface area contributed by atoms with Crippen molar-refractivity contribution in [2.24, 2.45) is 5.10 Å². The maximum atomic E-state index is 12.3. The van der Waals surface area contributed by atoms with Gasteiger partial charge in [0.1, 0.15) is 0 Å². The lowest BCUT2D eigenvalue weighted by molar-refractivity contribution is 0.584. The summed E-state index contributed by atoms with van der Waals surface area (Å²) in [5, 5.41) is 4.65. The van der Waals surface area contributed by atoms with Gasteiger partial charge in [0.05, 0.1) is 16.1 Å². The summed E-state index contributed by atoms with van der Waals surface area (Å²) in [6.07, 6.45) is 1.33. The molecule has 0 bridgehead atoms. The van der Waals surface area contributed by atoms with Crippen molar-refractivity contribution in [3.63, 3.8) is 0 Å². The lowest BCUT2D eigenvalue weighted by Crippen LogP contribution is -2.19. The van der Waals surface area contributed by atoms with E-state index in [1.165, 1.54) is 6.21 Å². The van der Waals surface area contributed by atoms with Crippen molar-refractivity contribution >= 4 is 39.4 Å². The van der Waals surface area contributed by atoms with Gasteiger partial charge in [0.2, 0.25) is 0 Å². The first kappa shape index (κ1) is 16.8. The first-order valence-electron chi connectivity index (χ1n) is 6.37. The van der Waals surface area contributed by atoms with Gasteiger partial charge in [-0.2, -0.15) is 13.5 Å². The zero-order chi connectivity index (χ0) is 16.3. The summed E-state index contributed by atoms with van der Waals surface area (Å²) in [6.45, 7) is 3.56. The summed E-state index contributed by atoms with van der Waals surface area (Å²) < 4.78 is 24.5. The van der Waals surface area contributed by atoms with E-state index in [1.807, 2.05) is 13.0 Å². The number of aryl methyl sites for hydroxylation is 2. The average molecular weight is 357 g/mol. The average Bonchev–Trinajstić information content (AvgIpc) is 2.44. The van der Waals surface area contributed by atoms with E-state index in [9.17, 15) is 8.42 Å². The molecule has 22 heavy (non-hydrogen) atoms. The molecule has 0 radical (unpaired) electrons. The Bertz CT molecular complexity index is 833. The highest BCUT2D eigenvalue weighted by Crippen LogP contribution is 2.20. The summed E-state index contributed by atoms with van der Waals surface area (Å²) in [5.74, 6) is 0. The number of hydrogen-bond donors (Lipinski definition) is 1. The Kier molecular flexibility index (Phi) is 5.11. The summed E-state index contributed by atoms with van der Waals surface area (Å²) in [5.41, 5.74) is 2.07. The van der Waals surface area contributed by atoms with Gasteiger partial charge < -0.3 is 0 Å². The van der Waals surface area contributed by atoms with Crippen LogP contribution < -0.4 is 4.83 Å². The summed E-state index contributed by atoms with van der Waals surface area (Å²) in [7, 11) is -3.72. The van der Waals surface area contributed by atoms with Crippen LogP contribution in [0.15, 0.2) is 46.4 Å². The molecule has 0 aliphatic carbocycles. The van der Waals surface area contributed by atoms with E-state index in [1.54, 1.807) is 37.3 Å². The van der Waals surface area contributed by atoms with Crippen LogP contribution in [0, 0.1) is 13.8 Å². The summed E-state index contributed by atoms with van der Waals surface area (Å²) in [4.78, 5) is 2.38. The highest BCUT2D eigenvalue weighted by Gasteiger charge is 2.15. The minimum Gasteiger partial charge on any atom is -0.200 e. The Morgan fingerprint density at radius 3 is 2.50 bits per heavy atom. The zero-order valence-corrected chi connectivity index (χ0v) is 14.3. The van der Waals surface area contributed by atoms with E-state index in [4.69, 9.17) is 23.2 Å². The van der Waals surface area contributed by atoms with Crippen LogP contribution in [0.1, 0.15) is 16.7 Å². The van der Waals surface area contributed by atoms with Crippen LogP contribution >= 0.6 is 23.2 Å². The molecule has 1 N–H and O–H groups in total. The number of nitrogens with one attached hydrogen (secondary N) is 1. The SMILES string of the molecule is Cc1ccc(C)c(S(=O)(=O)N/N=C\c2ccc(Cl)cc2Cl)c1. The topological polar surface area (TPSA) is 58.5 Å². The van der Waals surface area contributed by atoms with Gasteiger partial charge in [-0.3, -0.25) is 0 Å². The van der Waals surface area contributed by atoms with Gasteiger partial charge in [-0.25, -0.2) is 4.83 Å². The summed E-state index contributed by atoms with van der Waals surface area (Å²) >= 11 is 11.8. The minimum atomic E-state index is -3.72. The molecule has 0 heterocycles. The lowest BCUT2D eigenvalue weighted by Gasteiger charge is -2.07. The van der Waals surface area contributed by atoms with Crippen LogP contribution in [0.4, 0.5) is 0 Å². The Morgan fingerprint density at radius 1 is 1.09 bits per heavy atom. The molecular weight excluding hydrogens is 343 g/mol. The van der Waals surface area contributed by atoms with Crippen LogP contribution in [0.5, 0.6) is 0 Å². The molecule has 2 rings (SSSR count). The van der Waals surface area contributed by atoms with Gasteiger partial charge in [-0.15, -0.1) is 0 Å². The van der Waals surface area contributed by atoms with Crippen molar-refractivity contribution in [1.82, 2.24) is 4.83 Å². The third kappa shape index (κ3) is 4.00. The van der Waals surface area contributed by atoms with Crippen molar-refractivity contribution in [3.05, 3.63) is 63.1 Å². The van der Waals surface area contributed by atoms with Gasteiger partial charge >= 0.3 is 0 Å². The number of rotatable bonds is 4. The fourth-order valence-electron chi connectivity index (χ4n) is 1.82. The second-order valence-corrected chi connectivity index (χ2v) is 7.26. The fourth-order valence-corrected chi connectivity index (χ4v) is 3.40. The summed E-state index contributed by atoms with van der Waals surface area (Å²) in [6, 6.07) is 10.1. The Balaban J connectivity index is 2.22. The molecule has 4 nitrogen and oxygen atoms in total. The molecule has 0 unspecified atom stereocenters. The van der Waals surface area contributed by atoms with Gasteiger partial charge in [-0.1, -0.05) is 41.4 Å². The largest absolute Gasteiger partial charge is 0.276 e. The van der Waals surface area contributed by atoms with E-state index >= 15 is 0 Å². The number of sulfonamides is 1. The monoisotopic (exact) mass is 356 g/mol. The third-order valence-corrected chi connectivity index (χ3v) is 4.90. The molecule has 0 aliphatic rings. The maximum absolute atomic E-state index is 12.3. The lowest BCUT2D eigenvalue weighted by atomic mass is 10.2. The van der Waals surface area contributed by atoms with E-state index in [-0.39, 0.29) is 4.90 Å². The molecule has 0 saturated carbocycles. The first-order valence-corrected chi connectivity index (χ1v) is 8.61. The molecule has 2 aromatic carbocycles. The highest BCUT2D eigenvalue weighted by atomic mass is 35.5. The van der Waals surface area contributed by atoms with Gasteiger partial charge in [0, 0.05) is 10.6 Å². The second kappa shape index (κ2) is 6.69. The number of halogens is 2. The molecule has 0 amide bonds. The van der Waals surface area contributed by atoms with Crippen LogP contribution in [0.3, 0.4) is 0 Å². The van der Waals surface area contributed by atoms with Crippen LogP contribution in [0.25, 0.3) is 0 Å². The zero-order valence-electron chi connectivity index (χ0n) is 12.0. The van der Waals surface area contributed by atoms with Gasteiger partial charge in [0.15, 0.2) is 0 Å². The smallest absolute Gasteiger partial charge is 0.200 e. The van der Waals surface area contributed by atoms with E-state index in [0.29, 0.717) is 21.2 Å². The third-order valence-electron chi connectivity index (χ3n) is 2.97. The molecule has 0 saturated heterocycles. The standard InChI is InChI=1S/C15H14Cl2N2O2S/c1-10-3-4-11(2)15(7-10)22(20,21)19-18-9-12-5-6-13(16)8-14(12)17/h3-9,19H,1-2H3/b18-9-. The molecule has 0 aliphatic heterocycles. The van der Waals surface area contributed by atoms with E-state index in [0.717, 1.165) is 5.56 Å². The van der Waals surface area contributed by atoms with Crippen molar-refractivity contribution in [2.75, 3.05) is 0 Å². The molecular formula is C15H14Cl2N2O2S. The van der Waals surface area contributed by atoms with Gasteiger partial charge in [-0.05, 0) is 43.2 Å².